The number of amides is 2. The first-order valence-electron chi connectivity index (χ1n) is 10.4. The van der Waals surface area contributed by atoms with E-state index < -0.39 is 10.0 Å². The zero-order chi connectivity index (χ0) is 22.7. The number of benzene rings is 2. The van der Waals surface area contributed by atoms with Crippen LogP contribution in [0.5, 0.6) is 0 Å². The molecule has 2 amide bonds. The lowest BCUT2D eigenvalue weighted by Crippen LogP contribution is -2.43. The SMILES string of the molecule is NS(=O)(=O)c1ccc(CCNC(=O)C2CCN(C(=O)c3n[nH]c4ccccc34)CC2)cc1. The monoisotopic (exact) mass is 455 g/mol. The lowest BCUT2D eigenvalue weighted by molar-refractivity contribution is -0.126. The van der Waals surface area contributed by atoms with E-state index in [9.17, 15) is 18.0 Å². The van der Waals surface area contributed by atoms with Crippen LogP contribution in [0.15, 0.2) is 53.4 Å². The van der Waals surface area contributed by atoms with Crippen molar-refractivity contribution in [2.45, 2.75) is 24.2 Å². The number of nitrogens with one attached hydrogen (secondary N) is 2. The fraction of sp³-hybridized carbons (Fsp3) is 0.318. The maximum absolute atomic E-state index is 12.9. The van der Waals surface area contributed by atoms with Crippen molar-refractivity contribution >= 4 is 32.7 Å². The van der Waals surface area contributed by atoms with Crippen LogP contribution >= 0.6 is 0 Å². The molecule has 4 N–H and O–H groups in total. The number of aromatic nitrogens is 2. The average Bonchev–Trinajstić information content (AvgIpc) is 3.22. The zero-order valence-corrected chi connectivity index (χ0v) is 18.3. The summed E-state index contributed by atoms with van der Waals surface area (Å²) in [5.74, 6) is -0.285. The Hall–Kier alpha value is -3.24. The van der Waals surface area contributed by atoms with E-state index >= 15 is 0 Å². The smallest absolute Gasteiger partial charge is 0.274 e. The van der Waals surface area contributed by atoms with Crippen LogP contribution < -0.4 is 10.5 Å². The van der Waals surface area contributed by atoms with Crippen LogP contribution in [-0.4, -0.2) is 55.0 Å². The van der Waals surface area contributed by atoms with Gasteiger partial charge in [-0.3, -0.25) is 14.7 Å². The number of fused-ring (bicyclic) bond motifs is 1. The molecule has 0 spiro atoms. The van der Waals surface area contributed by atoms with Crippen molar-refractivity contribution in [2.75, 3.05) is 19.6 Å². The number of sulfonamides is 1. The minimum Gasteiger partial charge on any atom is -0.356 e. The van der Waals surface area contributed by atoms with Gasteiger partial charge in [-0.15, -0.1) is 0 Å². The molecule has 2 heterocycles. The number of primary sulfonamides is 1. The normalized spacial score (nSPS) is 15.1. The minimum atomic E-state index is -3.71. The van der Waals surface area contributed by atoms with Gasteiger partial charge in [-0.2, -0.15) is 5.10 Å². The average molecular weight is 456 g/mol. The topological polar surface area (TPSA) is 138 Å². The van der Waals surface area contributed by atoms with E-state index in [1.54, 1.807) is 17.0 Å². The fourth-order valence-electron chi connectivity index (χ4n) is 3.94. The molecule has 9 nitrogen and oxygen atoms in total. The summed E-state index contributed by atoms with van der Waals surface area (Å²) in [7, 11) is -3.71. The highest BCUT2D eigenvalue weighted by Crippen LogP contribution is 2.22. The van der Waals surface area contributed by atoms with Crippen LogP contribution in [0.2, 0.25) is 0 Å². The predicted octanol–water partition coefficient (Wildman–Crippen LogP) is 1.42. The Morgan fingerprint density at radius 2 is 1.78 bits per heavy atom. The molecule has 0 saturated carbocycles. The zero-order valence-electron chi connectivity index (χ0n) is 17.5. The van der Waals surface area contributed by atoms with Gasteiger partial charge >= 0.3 is 0 Å². The number of carbonyl (C=O) groups excluding carboxylic acids is 2. The van der Waals surface area contributed by atoms with Gasteiger partial charge in [0, 0.05) is 30.9 Å². The molecule has 3 aromatic rings. The van der Waals surface area contributed by atoms with Gasteiger partial charge in [0.15, 0.2) is 5.69 Å². The molecule has 1 fully saturated rings. The molecule has 1 aliphatic rings. The highest BCUT2D eigenvalue weighted by Gasteiger charge is 2.29. The second-order valence-electron chi connectivity index (χ2n) is 7.91. The van der Waals surface area contributed by atoms with E-state index in [-0.39, 0.29) is 22.6 Å². The lowest BCUT2D eigenvalue weighted by atomic mass is 9.95. The van der Waals surface area contributed by atoms with E-state index in [0.29, 0.717) is 44.6 Å². The van der Waals surface area contributed by atoms with Crippen molar-refractivity contribution in [1.29, 1.82) is 0 Å². The number of aromatic amines is 1. The van der Waals surface area contributed by atoms with Crippen LogP contribution in [0.25, 0.3) is 10.9 Å². The van der Waals surface area contributed by atoms with E-state index in [1.807, 2.05) is 24.3 Å². The van der Waals surface area contributed by atoms with Gasteiger partial charge in [0.2, 0.25) is 15.9 Å². The number of likely N-dealkylation sites (tertiary alicyclic amines) is 1. The van der Waals surface area contributed by atoms with Gasteiger partial charge in [-0.1, -0.05) is 30.3 Å². The Balaban J connectivity index is 1.25. The number of H-pyrrole nitrogens is 1. The van der Waals surface area contributed by atoms with Gasteiger partial charge in [0.25, 0.3) is 5.91 Å². The Morgan fingerprint density at radius 3 is 2.47 bits per heavy atom. The third-order valence-corrected chi connectivity index (χ3v) is 6.72. The number of nitrogens with two attached hydrogens (primary N) is 1. The summed E-state index contributed by atoms with van der Waals surface area (Å²) < 4.78 is 22.6. The van der Waals surface area contributed by atoms with Gasteiger partial charge in [0.05, 0.1) is 10.4 Å². The summed E-state index contributed by atoms with van der Waals surface area (Å²) in [5.41, 5.74) is 2.14. The van der Waals surface area contributed by atoms with Crippen molar-refractivity contribution in [1.82, 2.24) is 20.4 Å². The van der Waals surface area contributed by atoms with Crippen LogP contribution in [0, 0.1) is 5.92 Å². The number of carbonyl (C=O) groups is 2. The number of piperidine rings is 1. The summed E-state index contributed by atoms with van der Waals surface area (Å²) in [4.78, 5) is 27.2. The van der Waals surface area contributed by atoms with Gasteiger partial charge in [0.1, 0.15) is 0 Å². The van der Waals surface area contributed by atoms with Crippen LogP contribution in [0.1, 0.15) is 28.9 Å². The Bertz CT molecular complexity index is 1230. The molecule has 2 aromatic carbocycles. The summed E-state index contributed by atoms with van der Waals surface area (Å²) in [6.45, 7) is 1.46. The molecule has 1 saturated heterocycles. The molecule has 0 radical (unpaired) electrons. The van der Waals surface area contributed by atoms with Crippen molar-refractivity contribution in [3.63, 3.8) is 0 Å². The quantitative estimate of drug-likeness (QED) is 0.516. The number of nitrogens with zero attached hydrogens (tertiary/aromatic N) is 2. The van der Waals surface area contributed by atoms with E-state index in [0.717, 1.165) is 16.5 Å². The van der Waals surface area contributed by atoms with Crippen molar-refractivity contribution in [2.24, 2.45) is 11.1 Å². The van der Waals surface area contributed by atoms with Crippen LogP contribution in [0.4, 0.5) is 0 Å². The largest absolute Gasteiger partial charge is 0.356 e. The summed E-state index contributed by atoms with van der Waals surface area (Å²) >= 11 is 0. The van der Waals surface area contributed by atoms with Gasteiger partial charge in [-0.25, -0.2) is 13.6 Å². The summed E-state index contributed by atoms with van der Waals surface area (Å²) in [6.07, 6.45) is 1.78. The Labute approximate surface area is 186 Å². The maximum Gasteiger partial charge on any atom is 0.274 e. The molecule has 10 heteroatoms. The highest BCUT2D eigenvalue weighted by molar-refractivity contribution is 7.89. The molecule has 32 heavy (non-hydrogen) atoms. The predicted molar refractivity (Wildman–Crippen MR) is 119 cm³/mol. The number of hydrogen-bond donors (Lipinski definition) is 3. The molecule has 4 rings (SSSR count). The van der Waals surface area contributed by atoms with Crippen LogP contribution in [0.3, 0.4) is 0 Å². The Kier molecular flexibility index (Phi) is 6.24. The summed E-state index contributed by atoms with van der Waals surface area (Å²) in [5, 5.41) is 15.9. The van der Waals surface area contributed by atoms with Gasteiger partial charge in [-0.05, 0) is 43.0 Å². The first-order chi connectivity index (χ1) is 15.3. The number of para-hydroxylation sites is 1. The van der Waals surface area contributed by atoms with Crippen molar-refractivity contribution in [3.05, 3.63) is 59.8 Å². The lowest BCUT2D eigenvalue weighted by Gasteiger charge is -2.31. The second-order valence-corrected chi connectivity index (χ2v) is 9.48. The standard InChI is InChI=1S/C22H25N5O4S/c23-32(30,31)17-7-5-15(6-8-17)9-12-24-21(28)16-10-13-27(14-11-16)22(29)20-18-3-1-2-4-19(18)25-26-20/h1-8,16H,9-14H2,(H,24,28)(H,25,26)(H2,23,30,31). The maximum atomic E-state index is 12.9. The molecule has 1 aliphatic heterocycles. The molecule has 168 valence electrons. The minimum absolute atomic E-state index is 0.0246. The first-order valence-corrected chi connectivity index (χ1v) is 12.0. The number of rotatable bonds is 6. The van der Waals surface area contributed by atoms with Crippen LogP contribution in [-0.2, 0) is 21.2 Å². The molecule has 0 bridgehead atoms. The molecular weight excluding hydrogens is 430 g/mol. The molecular formula is C22H25N5O4S. The van der Waals surface area contributed by atoms with E-state index in [2.05, 4.69) is 15.5 Å². The fourth-order valence-corrected chi connectivity index (χ4v) is 4.46. The third kappa shape index (κ3) is 4.81. The highest BCUT2D eigenvalue weighted by atomic mass is 32.2. The molecule has 0 atom stereocenters. The van der Waals surface area contributed by atoms with E-state index in [4.69, 9.17) is 5.14 Å². The Morgan fingerprint density at radius 1 is 1.09 bits per heavy atom. The summed E-state index contributed by atoms with van der Waals surface area (Å²) in [6, 6.07) is 13.8. The van der Waals surface area contributed by atoms with Gasteiger partial charge < -0.3 is 10.2 Å². The third-order valence-electron chi connectivity index (χ3n) is 5.79. The van der Waals surface area contributed by atoms with E-state index in [1.165, 1.54) is 12.1 Å². The molecule has 0 aliphatic carbocycles. The number of hydrogen-bond acceptors (Lipinski definition) is 5. The van der Waals surface area contributed by atoms with Crippen molar-refractivity contribution < 1.29 is 18.0 Å². The second kappa shape index (κ2) is 9.09. The molecule has 1 aromatic heterocycles. The van der Waals surface area contributed by atoms with Crippen molar-refractivity contribution in [3.8, 4) is 0 Å². The first kappa shape index (κ1) is 22.0. The molecule has 0 unspecified atom stereocenters.